The van der Waals surface area contributed by atoms with E-state index in [1.165, 1.54) is 11.1 Å². The van der Waals surface area contributed by atoms with Crippen molar-refractivity contribution in [2.75, 3.05) is 32.0 Å². The monoisotopic (exact) mass is 528 g/mol. The van der Waals surface area contributed by atoms with Crippen LogP contribution < -0.4 is 16.2 Å². The van der Waals surface area contributed by atoms with Crippen LogP contribution in [0.25, 0.3) is 16.9 Å². The molecule has 0 unspecified atom stereocenters. The molecule has 10 heteroatoms. The average Bonchev–Trinajstić information content (AvgIpc) is 3.20. The summed E-state index contributed by atoms with van der Waals surface area (Å²) in [5.74, 6) is 1.33. The summed E-state index contributed by atoms with van der Waals surface area (Å²) in [6.45, 7) is 7.85. The van der Waals surface area contributed by atoms with Gasteiger partial charge in [-0.3, -0.25) is 4.79 Å². The quantitative estimate of drug-likeness (QED) is 0.350. The van der Waals surface area contributed by atoms with Gasteiger partial charge in [-0.2, -0.15) is 4.98 Å². The Morgan fingerprint density at radius 1 is 1.13 bits per heavy atom. The zero-order valence-electron chi connectivity index (χ0n) is 22.8. The number of likely N-dealkylation sites (tertiary alicyclic amines) is 1. The molecule has 4 aromatic rings. The summed E-state index contributed by atoms with van der Waals surface area (Å²) in [5.41, 5.74) is 3.30. The van der Waals surface area contributed by atoms with Crippen molar-refractivity contribution in [3.63, 3.8) is 0 Å². The third-order valence-electron chi connectivity index (χ3n) is 7.87. The molecular formula is C29H36N8O2. The largest absolute Gasteiger partial charge is 0.384 e. The minimum absolute atomic E-state index is 0.132. The van der Waals surface area contributed by atoms with Crippen molar-refractivity contribution in [3.05, 3.63) is 69.8 Å². The summed E-state index contributed by atoms with van der Waals surface area (Å²) in [4.78, 5) is 30.2. The molecule has 2 aliphatic rings. The van der Waals surface area contributed by atoms with E-state index in [9.17, 15) is 9.90 Å². The van der Waals surface area contributed by atoms with E-state index in [2.05, 4.69) is 39.7 Å². The Kier molecular flexibility index (Phi) is 6.70. The maximum atomic E-state index is 13.7. The van der Waals surface area contributed by atoms with Gasteiger partial charge in [-0.25, -0.2) is 19.3 Å². The SMILES string of the molecule is CN1CCC(Cn2c(=O)c3cnc(Nc4ccc5c(c4)CCNC5)nc3n2-c2cccc(C(C)(C)O)n2)CC1. The fourth-order valence-corrected chi connectivity index (χ4v) is 5.54. The number of hydrogen-bond donors (Lipinski definition) is 3. The van der Waals surface area contributed by atoms with E-state index in [0.29, 0.717) is 41.0 Å². The minimum atomic E-state index is -1.12. The van der Waals surface area contributed by atoms with Gasteiger partial charge in [0.1, 0.15) is 11.0 Å². The van der Waals surface area contributed by atoms with Gasteiger partial charge in [0.25, 0.3) is 5.56 Å². The Morgan fingerprint density at radius 3 is 2.74 bits per heavy atom. The van der Waals surface area contributed by atoms with Crippen molar-refractivity contribution in [1.29, 1.82) is 0 Å². The van der Waals surface area contributed by atoms with Crippen molar-refractivity contribution in [2.24, 2.45) is 5.92 Å². The zero-order valence-corrected chi connectivity index (χ0v) is 22.8. The van der Waals surface area contributed by atoms with Crippen molar-refractivity contribution in [1.82, 2.24) is 34.5 Å². The lowest BCUT2D eigenvalue weighted by molar-refractivity contribution is 0.0737. The van der Waals surface area contributed by atoms with Crippen molar-refractivity contribution in [2.45, 2.75) is 51.8 Å². The summed E-state index contributed by atoms with van der Waals surface area (Å²) in [5, 5.41) is 17.8. The van der Waals surface area contributed by atoms with Crippen LogP contribution in [-0.4, -0.2) is 61.0 Å². The highest BCUT2D eigenvalue weighted by Gasteiger charge is 2.25. The normalized spacial score (nSPS) is 16.9. The van der Waals surface area contributed by atoms with E-state index in [1.54, 1.807) is 35.5 Å². The molecule has 10 nitrogen and oxygen atoms in total. The smallest absolute Gasteiger partial charge is 0.278 e. The molecule has 3 aromatic heterocycles. The van der Waals surface area contributed by atoms with E-state index in [4.69, 9.17) is 9.97 Å². The first-order valence-electron chi connectivity index (χ1n) is 13.7. The third-order valence-corrected chi connectivity index (χ3v) is 7.87. The van der Waals surface area contributed by atoms with E-state index in [-0.39, 0.29) is 5.56 Å². The summed E-state index contributed by atoms with van der Waals surface area (Å²) in [6.07, 6.45) is 4.63. The van der Waals surface area contributed by atoms with E-state index < -0.39 is 5.60 Å². The number of aliphatic hydroxyl groups is 1. The molecule has 5 heterocycles. The number of fused-ring (bicyclic) bond motifs is 2. The van der Waals surface area contributed by atoms with Gasteiger partial charge in [-0.05, 0) is 101 Å². The topological polar surface area (TPSA) is 113 Å². The van der Waals surface area contributed by atoms with Crippen molar-refractivity contribution in [3.8, 4) is 5.82 Å². The lowest BCUT2D eigenvalue weighted by Crippen LogP contribution is -2.35. The molecule has 3 N–H and O–H groups in total. The molecule has 0 amide bonds. The highest BCUT2D eigenvalue weighted by Crippen LogP contribution is 2.25. The van der Waals surface area contributed by atoms with Crippen LogP contribution >= 0.6 is 0 Å². The van der Waals surface area contributed by atoms with Gasteiger partial charge >= 0.3 is 0 Å². The predicted octanol–water partition coefficient (Wildman–Crippen LogP) is 2.94. The molecule has 0 aliphatic carbocycles. The van der Waals surface area contributed by atoms with Crippen LogP contribution in [0.5, 0.6) is 0 Å². The summed E-state index contributed by atoms with van der Waals surface area (Å²) in [7, 11) is 2.13. The van der Waals surface area contributed by atoms with E-state index in [1.807, 2.05) is 18.2 Å². The highest BCUT2D eigenvalue weighted by molar-refractivity contribution is 5.77. The molecule has 6 rings (SSSR count). The molecule has 0 saturated carbocycles. The second-order valence-corrected chi connectivity index (χ2v) is 11.4. The molecule has 0 spiro atoms. The average molecular weight is 529 g/mol. The van der Waals surface area contributed by atoms with Gasteiger partial charge < -0.3 is 20.6 Å². The fourth-order valence-electron chi connectivity index (χ4n) is 5.54. The fraction of sp³-hybridized carbons (Fsp3) is 0.448. The number of anilines is 2. The molecule has 0 bridgehead atoms. The second kappa shape index (κ2) is 10.2. The van der Waals surface area contributed by atoms with Crippen LogP contribution in [-0.2, 0) is 25.1 Å². The Morgan fingerprint density at radius 2 is 1.95 bits per heavy atom. The second-order valence-electron chi connectivity index (χ2n) is 11.4. The van der Waals surface area contributed by atoms with Crippen LogP contribution in [0.4, 0.5) is 11.6 Å². The van der Waals surface area contributed by atoms with Gasteiger partial charge in [-0.1, -0.05) is 12.1 Å². The number of pyridine rings is 1. The lowest BCUT2D eigenvalue weighted by Gasteiger charge is -2.29. The lowest BCUT2D eigenvalue weighted by atomic mass is 9.97. The number of aromatic nitrogens is 5. The van der Waals surface area contributed by atoms with Crippen LogP contribution in [0.3, 0.4) is 0 Å². The minimum Gasteiger partial charge on any atom is -0.384 e. The number of benzene rings is 1. The number of hydrogen-bond acceptors (Lipinski definition) is 8. The van der Waals surface area contributed by atoms with E-state index in [0.717, 1.165) is 51.1 Å². The Balaban J connectivity index is 1.44. The third kappa shape index (κ3) is 5.19. The maximum Gasteiger partial charge on any atom is 0.278 e. The van der Waals surface area contributed by atoms with Crippen LogP contribution in [0, 0.1) is 5.92 Å². The van der Waals surface area contributed by atoms with Gasteiger partial charge in [0.2, 0.25) is 5.95 Å². The van der Waals surface area contributed by atoms with Crippen molar-refractivity contribution >= 4 is 22.7 Å². The molecule has 204 valence electrons. The molecule has 0 radical (unpaired) electrons. The summed E-state index contributed by atoms with van der Waals surface area (Å²) < 4.78 is 3.55. The van der Waals surface area contributed by atoms with Gasteiger partial charge in [-0.15, -0.1) is 0 Å². The Labute approximate surface area is 227 Å². The molecular weight excluding hydrogens is 492 g/mol. The first-order chi connectivity index (χ1) is 18.8. The van der Waals surface area contributed by atoms with Crippen molar-refractivity contribution < 1.29 is 5.11 Å². The number of nitrogens with one attached hydrogen (secondary N) is 2. The predicted molar refractivity (Wildman–Crippen MR) is 152 cm³/mol. The maximum absolute atomic E-state index is 13.7. The Hall–Kier alpha value is -3.60. The highest BCUT2D eigenvalue weighted by atomic mass is 16.3. The molecule has 2 aliphatic heterocycles. The number of piperidine rings is 1. The first kappa shape index (κ1) is 25.7. The van der Waals surface area contributed by atoms with Crippen LogP contribution in [0.2, 0.25) is 0 Å². The first-order valence-corrected chi connectivity index (χ1v) is 13.7. The van der Waals surface area contributed by atoms with Crippen LogP contribution in [0.15, 0.2) is 47.4 Å². The number of nitrogens with zero attached hydrogens (tertiary/aromatic N) is 6. The van der Waals surface area contributed by atoms with E-state index >= 15 is 0 Å². The number of rotatable bonds is 6. The molecule has 1 fully saturated rings. The zero-order chi connectivity index (χ0) is 27.1. The molecule has 0 atom stereocenters. The molecule has 39 heavy (non-hydrogen) atoms. The molecule has 1 aromatic carbocycles. The van der Waals surface area contributed by atoms with Gasteiger partial charge in [0, 0.05) is 25.0 Å². The van der Waals surface area contributed by atoms with Crippen LogP contribution in [0.1, 0.15) is 43.5 Å². The van der Waals surface area contributed by atoms with Gasteiger partial charge in [0.15, 0.2) is 11.5 Å². The summed E-state index contributed by atoms with van der Waals surface area (Å²) in [6, 6.07) is 11.8. The summed E-state index contributed by atoms with van der Waals surface area (Å²) >= 11 is 0. The van der Waals surface area contributed by atoms with Gasteiger partial charge in [0.05, 0.1) is 5.69 Å². The standard InChI is InChI=1S/C29H36N8O2/c1-29(2,39)24-5-4-6-25(33-24)37-26-23(27(38)36(37)18-19-10-13-35(3)14-11-19)17-31-28(34-26)32-22-8-7-21-16-30-12-9-20(21)15-22/h4-8,15,17,19,30,39H,9-14,16,18H2,1-3H3,(H,31,32,34). The Bertz CT molecular complexity index is 1560. The molecule has 1 saturated heterocycles.